The molecule has 0 unspecified atom stereocenters. The minimum absolute atomic E-state index is 0.0243. The van der Waals surface area contributed by atoms with Gasteiger partial charge in [0.1, 0.15) is 5.82 Å². The molecular formula is C18H22N4O3S. The second kappa shape index (κ2) is 7.51. The van der Waals surface area contributed by atoms with E-state index in [-0.39, 0.29) is 6.54 Å². The van der Waals surface area contributed by atoms with Gasteiger partial charge in [-0.25, -0.2) is 4.68 Å². The van der Waals surface area contributed by atoms with Crippen LogP contribution in [0.3, 0.4) is 0 Å². The molecule has 0 radical (unpaired) electrons. The van der Waals surface area contributed by atoms with E-state index in [1.807, 2.05) is 26.0 Å². The number of aromatic nitrogens is 2. The molecule has 1 aromatic carbocycles. The zero-order valence-corrected chi connectivity index (χ0v) is 15.8. The smallest absolute Gasteiger partial charge is 0.314 e. The van der Waals surface area contributed by atoms with Crippen molar-refractivity contribution in [3.63, 3.8) is 0 Å². The number of nitrogens with one attached hydrogen (secondary N) is 2. The van der Waals surface area contributed by atoms with Crippen LogP contribution in [0.2, 0.25) is 0 Å². The number of thioether (sulfide) groups is 1. The molecule has 0 fully saturated rings. The highest BCUT2D eigenvalue weighted by Crippen LogP contribution is 2.36. The van der Waals surface area contributed by atoms with Crippen molar-refractivity contribution in [3.05, 3.63) is 40.6 Å². The summed E-state index contributed by atoms with van der Waals surface area (Å²) in [6.07, 6.45) is -0.715. The number of carbonyl (C=O) groups excluding carboxylic acids is 2. The van der Waals surface area contributed by atoms with E-state index >= 15 is 0 Å². The monoisotopic (exact) mass is 374 g/mol. The summed E-state index contributed by atoms with van der Waals surface area (Å²) in [6.45, 7) is 5.57. The van der Waals surface area contributed by atoms with Crippen molar-refractivity contribution in [3.8, 4) is 5.69 Å². The number of aryl methyl sites for hydroxylation is 2. The molecule has 1 atom stereocenters. The number of hydrogen-bond acceptors (Lipinski definition) is 5. The highest BCUT2D eigenvalue weighted by Gasteiger charge is 2.26. The van der Waals surface area contributed by atoms with Gasteiger partial charge in [0.25, 0.3) is 0 Å². The third-order valence-electron chi connectivity index (χ3n) is 4.13. The second-order valence-corrected chi connectivity index (χ2v) is 7.47. The molecule has 3 N–H and O–H groups in total. The molecule has 2 aromatic rings. The van der Waals surface area contributed by atoms with Gasteiger partial charge in [-0.15, -0.1) is 0 Å². The van der Waals surface area contributed by atoms with Gasteiger partial charge in [-0.05, 0) is 32.4 Å². The van der Waals surface area contributed by atoms with Crippen LogP contribution in [0.25, 0.3) is 5.69 Å². The Balaban J connectivity index is 1.91. The van der Waals surface area contributed by atoms with E-state index in [0.717, 1.165) is 39.6 Å². The number of benzene rings is 1. The maximum Gasteiger partial charge on any atom is 0.314 e. The fourth-order valence-electron chi connectivity index (χ4n) is 2.84. The van der Waals surface area contributed by atoms with E-state index in [1.165, 1.54) is 6.92 Å². The largest absolute Gasteiger partial charge is 0.392 e. The molecule has 26 heavy (non-hydrogen) atoms. The lowest BCUT2D eigenvalue weighted by molar-refractivity contribution is -0.136. The van der Waals surface area contributed by atoms with Crippen molar-refractivity contribution >= 4 is 29.4 Å². The number of fused-ring (bicyclic) bond motifs is 1. The maximum atomic E-state index is 12.3. The van der Waals surface area contributed by atoms with E-state index in [2.05, 4.69) is 21.8 Å². The van der Waals surface area contributed by atoms with Gasteiger partial charge >= 0.3 is 11.8 Å². The average molecular weight is 374 g/mol. The molecule has 0 aliphatic carbocycles. The Morgan fingerprint density at radius 2 is 2.08 bits per heavy atom. The van der Waals surface area contributed by atoms with E-state index in [4.69, 9.17) is 0 Å². The average Bonchev–Trinajstić information content (AvgIpc) is 3.15. The Morgan fingerprint density at radius 1 is 1.31 bits per heavy atom. The lowest BCUT2D eigenvalue weighted by Crippen LogP contribution is -2.39. The minimum atomic E-state index is -0.779. The van der Waals surface area contributed by atoms with Gasteiger partial charge in [0.2, 0.25) is 0 Å². The topological polar surface area (TPSA) is 96.2 Å². The molecule has 0 saturated heterocycles. The number of aliphatic hydroxyl groups excluding tert-OH is 1. The van der Waals surface area contributed by atoms with Crippen LogP contribution in [-0.4, -0.2) is 39.4 Å². The molecule has 1 aliphatic heterocycles. The summed E-state index contributed by atoms with van der Waals surface area (Å²) >= 11 is 1.72. The first-order valence-corrected chi connectivity index (χ1v) is 9.55. The third kappa shape index (κ3) is 3.76. The Morgan fingerprint density at radius 3 is 2.77 bits per heavy atom. The molecule has 0 bridgehead atoms. The van der Waals surface area contributed by atoms with Crippen LogP contribution < -0.4 is 10.6 Å². The number of carbonyl (C=O) groups is 2. The summed E-state index contributed by atoms with van der Waals surface area (Å²) in [5, 5.41) is 19.0. The van der Waals surface area contributed by atoms with Crippen LogP contribution in [0.4, 0.5) is 5.82 Å². The molecule has 7 nitrogen and oxygen atoms in total. The Bertz CT molecular complexity index is 860. The molecule has 1 aliphatic rings. The Labute approximate surface area is 156 Å². The van der Waals surface area contributed by atoms with Crippen LogP contribution in [0.15, 0.2) is 18.2 Å². The minimum Gasteiger partial charge on any atom is -0.392 e. The molecular weight excluding hydrogens is 352 g/mol. The van der Waals surface area contributed by atoms with Crippen molar-refractivity contribution in [2.24, 2.45) is 0 Å². The summed E-state index contributed by atoms with van der Waals surface area (Å²) in [5.41, 5.74) is 4.92. The number of rotatable bonds is 4. The van der Waals surface area contributed by atoms with Crippen LogP contribution in [0.1, 0.15) is 29.3 Å². The summed E-state index contributed by atoms with van der Waals surface area (Å²) < 4.78 is 1.71. The fraction of sp³-hybridized carbons (Fsp3) is 0.389. The van der Waals surface area contributed by atoms with Gasteiger partial charge in [-0.1, -0.05) is 17.7 Å². The predicted octanol–water partition coefficient (Wildman–Crippen LogP) is 1.67. The number of aliphatic hydroxyl groups is 1. The van der Waals surface area contributed by atoms with Gasteiger partial charge in [0.05, 0.1) is 17.5 Å². The van der Waals surface area contributed by atoms with Gasteiger partial charge in [-0.3, -0.25) is 9.59 Å². The number of nitrogens with zero attached hydrogens (tertiary/aromatic N) is 2. The molecule has 2 amide bonds. The van der Waals surface area contributed by atoms with Crippen molar-refractivity contribution in [2.75, 3.05) is 11.9 Å². The standard InChI is InChI=1S/C18H22N4O3S/c1-10-4-5-15(11(2)6-10)22-16(13-8-26-9-14(13)21-22)20-18(25)17(24)19-7-12(3)23/h4-6,12,23H,7-9H2,1-3H3,(H,19,24)(H,20,25)/t12-/m0/s1. The molecule has 0 saturated carbocycles. The number of hydrogen-bond donors (Lipinski definition) is 3. The summed E-state index contributed by atoms with van der Waals surface area (Å²) in [6, 6.07) is 6.01. The Kier molecular flexibility index (Phi) is 5.33. The van der Waals surface area contributed by atoms with Crippen LogP contribution >= 0.6 is 11.8 Å². The maximum absolute atomic E-state index is 12.3. The van der Waals surface area contributed by atoms with Gasteiger partial charge in [0, 0.05) is 23.6 Å². The second-order valence-electron chi connectivity index (χ2n) is 6.48. The number of amides is 2. The molecule has 2 heterocycles. The lowest BCUT2D eigenvalue weighted by Gasteiger charge is -2.13. The first-order valence-electron chi connectivity index (χ1n) is 8.40. The van der Waals surface area contributed by atoms with E-state index < -0.39 is 17.9 Å². The van der Waals surface area contributed by atoms with Crippen LogP contribution in [-0.2, 0) is 21.1 Å². The molecule has 8 heteroatoms. The highest BCUT2D eigenvalue weighted by atomic mass is 32.2. The first kappa shape index (κ1) is 18.5. The zero-order valence-electron chi connectivity index (χ0n) is 15.0. The number of anilines is 1. The van der Waals surface area contributed by atoms with Crippen molar-refractivity contribution in [1.29, 1.82) is 0 Å². The highest BCUT2D eigenvalue weighted by molar-refractivity contribution is 7.98. The summed E-state index contributed by atoms with van der Waals surface area (Å²) in [5.74, 6) is 0.513. The lowest BCUT2D eigenvalue weighted by atomic mass is 10.1. The van der Waals surface area contributed by atoms with E-state index in [9.17, 15) is 14.7 Å². The van der Waals surface area contributed by atoms with Gasteiger partial charge < -0.3 is 15.7 Å². The fourth-order valence-corrected chi connectivity index (χ4v) is 3.88. The van der Waals surface area contributed by atoms with Gasteiger partial charge in [-0.2, -0.15) is 16.9 Å². The quantitative estimate of drug-likeness (QED) is 0.708. The SMILES string of the molecule is Cc1ccc(-n2nc3c(c2NC(=O)C(=O)NC[C@H](C)O)CSC3)c(C)c1. The van der Waals surface area contributed by atoms with Gasteiger partial charge in [0.15, 0.2) is 0 Å². The first-order chi connectivity index (χ1) is 12.4. The molecule has 0 spiro atoms. The van der Waals surface area contributed by atoms with Crippen molar-refractivity contribution in [2.45, 2.75) is 38.4 Å². The molecule has 138 valence electrons. The normalized spacial score (nSPS) is 14.0. The van der Waals surface area contributed by atoms with Crippen LogP contribution in [0.5, 0.6) is 0 Å². The van der Waals surface area contributed by atoms with Crippen molar-refractivity contribution in [1.82, 2.24) is 15.1 Å². The summed E-state index contributed by atoms with van der Waals surface area (Å²) in [7, 11) is 0. The van der Waals surface area contributed by atoms with E-state index in [1.54, 1.807) is 16.4 Å². The third-order valence-corrected chi connectivity index (χ3v) is 5.10. The Hall–Kier alpha value is -2.32. The zero-order chi connectivity index (χ0) is 18.8. The molecule has 3 rings (SSSR count). The predicted molar refractivity (Wildman–Crippen MR) is 101 cm³/mol. The molecule has 1 aromatic heterocycles. The van der Waals surface area contributed by atoms with Crippen molar-refractivity contribution < 1.29 is 14.7 Å². The van der Waals surface area contributed by atoms with Crippen LogP contribution in [0, 0.1) is 13.8 Å². The summed E-state index contributed by atoms with van der Waals surface area (Å²) in [4.78, 5) is 24.3. The van der Waals surface area contributed by atoms with E-state index in [0.29, 0.717) is 5.82 Å².